The number of nitrogens with zero attached hydrogens (tertiary/aromatic N) is 2. The van der Waals surface area contributed by atoms with Crippen LogP contribution in [0.5, 0.6) is 0 Å². The van der Waals surface area contributed by atoms with Crippen LogP contribution in [0.4, 0.5) is 5.82 Å². The number of pyridine rings is 1. The highest BCUT2D eigenvalue weighted by atomic mass is 16.5. The Hall–Kier alpha value is -1.62. The second-order valence-corrected chi connectivity index (χ2v) is 5.66. The monoisotopic (exact) mass is 293 g/mol. The highest BCUT2D eigenvalue weighted by Crippen LogP contribution is 2.13. The van der Waals surface area contributed by atoms with Crippen LogP contribution in [0.3, 0.4) is 0 Å². The van der Waals surface area contributed by atoms with Crippen molar-refractivity contribution in [1.82, 2.24) is 9.88 Å². The van der Waals surface area contributed by atoms with Crippen LogP contribution in [0.2, 0.25) is 0 Å². The number of anilines is 1. The number of methoxy groups -OCH3 is 1. The second kappa shape index (κ2) is 8.62. The van der Waals surface area contributed by atoms with Crippen LogP contribution in [0, 0.1) is 5.92 Å². The maximum absolute atomic E-state index is 12.7. The summed E-state index contributed by atoms with van der Waals surface area (Å²) in [4.78, 5) is 18.8. The zero-order valence-corrected chi connectivity index (χ0v) is 13.6. The summed E-state index contributed by atoms with van der Waals surface area (Å²) in [5.41, 5.74) is 7.31. The molecule has 0 aliphatic heterocycles. The summed E-state index contributed by atoms with van der Waals surface area (Å²) in [5, 5.41) is 0. The van der Waals surface area contributed by atoms with E-state index >= 15 is 0 Å². The summed E-state index contributed by atoms with van der Waals surface area (Å²) in [6.07, 6.45) is 1.80. The molecule has 0 fully saturated rings. The van der Waals surface area contributed by atoms with Crippen molar-refractivity contribution >= 4 is 11.7 Å². The van der Waals surface area contributed by atoms with Gasteiger partial charge in [0.25, 0.3) is 5.91 Å². The fourth-order valence-electron chi connectivity index (χ4n) is 2.22. The Labute approximate surface area is 127 Å². The molecule has 5 heteroatoms. The summed E-state index contributed by atoms with van der Waals surface area (Å²) in [5.74, 6) is 0.799. The first-order chi connectivity index (χ1) is 9.97. The van der Waals surface area contributed by atoms with Gasteiger partial charge in [0.2, 0.25) is 0 Å². The Morgan fingerprint density at radius 3 is 2.71 bits per heavy atom. The quantitative estimate of drug-likeness (QED) is 0.799. The molecule has 0 atom stereocenters. The first kappa shape index (κ1) is 17.4. The molecule has 1 aromatic heterocycles. The van der Waals surface area contributed by atoms with Gasteiger partial charge >= 0.3 is 0 Å². The van der Waals surface area contributed by atoms with E-state index in [-0.39, 0.29) is 5.91 Å². The minimum atomic E-state index is -0.00722. The lowest BCUT2D eigenvalue weighted by Crippen LogP contribution is -2.36. The number of hydrogen-bond donors (Lipinski definition) is 1. The number of carbonyl (C=O) groups is 1. The predicted molar refractivity (Wildman–Crippen MR) is 85.3 cm³/mol. The molecule has 1 aromatic rings. The molecule has 0 saturated heterocycles. The van der Waals surface area contributed by atoms with Crippen LogP contribution in [-0.4, -0.2) is 42.6 Å². The van der Waals surface area contributed by atoms with Crippen molar-refractivity contribution in [3.63, 3.8) is 0 Å². The minimum absolute atomic E-state index is 0.00722. The van der Waals surface area contributed by atoms with E-state index in [9.17, 15) is 4.79 Å². The lowest BCUT2D eigenvalue weighted by molar-refractivity contribution is 0.0672. The molecule has 0 aliphatic rings. The second-order valence-electron chi connectivity index (χ2n) is 5.66. The fourth-order valence-corrected chi connectivity index (χ4v) is 2.22. The molecule has 0 saturated carbocycles. The largest absolute Gasteiger partial charge is 0.384 e. The zero-order chi connectivity index (χ0) is 15.8. The number of carbonyl (C=O) groups excluding carboxylic acids is 1. The van der Waals surface area contributed by atoms with E-state index in [1.165, 1.54) is 0 Å². The van der Waals surface area contributed by atoms with Crippen molar-refractivity contribution in [2.45, 2.75) is 33.6 Å². The van der Waals surface area contributed by atoms with Crippen molar-refractivity contribution in [3.05, 3.63) is 23.4 Å². The lowest BCUT2D eigenvalue weighted by Gasteiger charge is -2.24. The molecule has 0 aromatic carbocycles. The van der Waals surface area contributed by atoms with E-state index in [0.717, 1.165) is 18.5 Å². The van der Waals surface area contributed by atoms with Crippen LogP contribution < -0.4 is 5.73 Å². The SMILES string of the molecule is CCCc1cc(C(=O)N(CCOC)CC(C)C)cc(N)n1. The summed E-state index contributed by atoms with van der Waals surface area (Å²) in [7, 11) is 1.64. The maximum Gasteiger partial charge on any atom is 0.254 e. The van der Waals surface area contributed by atoms with Gasteiger partial charge < -0.3 is 15.4 Å². The van der Waals surface area contributed by atoms with Gasteiger partial charge in [-0.2, -0.15) is 0 Å². The Bertz CT molecular complexity index is 461. The first-order valence-corrected chi connectivity index (χ1v) is 7.52. The standard InChI is InChI=1S/C16H27N3O2/c1-5-6-14-9-13(10-15(17)18-14)16(20)19(7-8-21-4)11-12(2)3/h9-10,12H,5-8,11H2,1-4H3,(H2,17,18). The van der Waals surface area contributed by atoms with Gasteiger partial charge in [-0.25, -0.2) is 4.98 Å². The van der Waals surface area contributed by atoms with Gasteiger partial charge in [-0.3, -0.25) is 4.79 Å². The number of nitrogen functional groups attached to an aromatic ring is 1. The van der Waals surface area contributed by atoms with Gasteiger partial charge in [0.1, 0.15) is 5.82 Å². The van der Waals surface area contributed by atoms with E-state index in [1.54, 1.807) is 13.2 Å². The number of hydrogen-bond acceptors (Lipinski definition) is 4. The van der Waals surface area contributed by atoms with E-state index in [4.69, 9.17) is 10.5 Å². The highest BCUT2D eigenvalue weighted by Gasteiger charge is 2.18. The van der Waals surface area contributed by atoms with Gasteiger partial charge in [0.05, 0.1) is 6.61 Å². The average molecular weight is 293 g/mol. The maximum atomic E-state index is 12.7. The predicted octanol–water partition coefficient (Wildman–Crippen LogP) is 2.36. The van der Waals surface area contributed by atoms with Gasteiger partial charge in [-0.1, -0.05) is 27.2 Å². The van der Waals surface area contributed by atoms with E-state index in [1.807, 2.05) is 11.0 Å². The molecule has 2 N–H and O–H groups in total. The number of aromatic nitrogens is 1. The Morgan fingerprint density at radius 1 is 1.43 bits per heavy atom. The molecule has 0 spiro atoms. The first-order valence-electron chi connectivity index (χ1n) is 7.52. The Balaban J connectivity index is 2.95. The van der Waals surface area contributed by atoms with Crippen LogP contribution in [-0.2, 0) is 11.2 Å². The molecule has 1 rings (SSSR count). The molecule has 0 unspecified atom stereocenters. The van der Waals surface area contributed by atoms with E-state index in [0.29, 0.717) is 37.0 Å². The van der Waals surface area contributed by atoms with Crippen molar-refractivity contribution in [3.8, 4) is 0 Å². The Morgan fingerprint density at radius 2 is 2.14 bits per heavy atom. The molecular weight excluding hydrogens is 266 g/mol. The lowest BCUT2D eigenvalue weighted by atomic mass is 10.1. The summed E-state index contributed by atoms with van der Waals surface area (Å²) >= 11 is 0. The van der Waals surface area contributed by atoms with Crippen LogP contribution in [0.25, 0.3) is 0 Å². The van der Waals surface area contributed by atoms with Crippen molar-refractivity contribution in [2.24, 2.45) is 5.92 Å². The average Bonchev–Trinajstić information content (AvgIpc) is 2.42. The number of amides is 1. The number of ether oxygens (including phenoxy) is 1. The third kappa shape index (κ3) is 5.71. The molecule has 1 amide bonds. The number of aryl methyl sites for hydroxylation is 1. The van der Waals surface area contributed by atoms with Crippen molar-refractivity contribution in [1.29, 1.82) is 0 Å². The third-order valence-electron chi connectivity index (χ3n) is 3.09. The van der Waals surface area contributed by atoms with Crippen molar-refractivity contribution < 1.29 is 9.53 Å². The van der Waals surface area contributed by atoms with Crippen LogP contribution in [0.15, 0.2) is 12.1 Å². The smallest absolute Gasteiger partial charge is 0.254 e. The van der Waals surface area contributed by atoms with Crippen molar-refractivity contribution in [2.75, 3.05) is 32.5 Å². The van der Waals surface area contributed by atoms with E-state index in [2.05, 4.69) is 25.8 Å². The topological polar surface area (TPSA) is 68.5 Å². The third-order valence-corrected chi connectivity index (χ3v) is 3.09. The molecule has 118 valence electrons. The summed E-state index contributed by atoms with van der Waals surface area (Å²) < 4.78 is 5.10. The van der Waals surface area contributed by atoms with Gasteiger partial charge in [0.15, 0.2) is 0 Å². The van der Waals surface area contributed by atoms with Crippen LogP contribution >= 0.6 is 0 Å². The van der Waals surface area contributed by atoms with Gasteiger partial charge in [-0.15, -0.1) is 0 Å². The molecule has 0 bridgehead atoms. The minimum Gasteiger partial charge on any atom is -0.384 e. The van der Waals surface area contributed by atoms with Gasteiger partial charge in [-0.05, 0) is 24.5 Å². The molecule has 0 aliphatic carbocycles. The van der Waals surface area contributed by atoms with Gasteiger partial charge in [0, 0.05) is 31.5 Å². The summed E-state index contributed by atoms with van der Waals surface area (Å²) in [6.45, 7) is 8.08. The van der Waals surface area contributed by atoms with Crippen LogP contribution in [0.1, 0.15) is 43.2 Å². The Kier molecular flexibility index (Phi) is 7.15. The molecular formula is C16H27N3O2. The molecule has 5 nitrogen and oxygen atoms in total. The summed E-state index contributed by atoms with van der Waals surface area (Å²) in [6, 6.07) is 3.50. The molecule has 1 heterocycles. The molecule has 0 radical (unpaired) electrons. The zero-order valence-electron chi connectivity index (χ0n) is 13.6. The molecule has 21 heavy (non-hydrogen) atoms. The fraction of sp³-hybridized carbons (Fsp3) is 0.625. The van der Waals surface area contributed by atoms with E-state index < -0.39 is 0 Å². The highest BCUT2D eigenvalue weighted by molar-refractivity contribution is 5.95. The number of nitrogens with two attached hydrogens (primary N) is 1. The number of rotatable bonds is 8. The normalized spacial score (nSPS) is 10.9.